The first-order valence-electron chi connectivity index (χ1n) is 10.3. The number of piperazine rings is 1. The van der Waals surface area contributed by atoms with Crippen LogP contribution in [0.25, 0.3) is 5.65 Å². The molecule has 1 aliphatic rings. The van der Waals surface area contributed by atoms with E-state index in [0.29, 0.717) is 17.3 Å². The van der Waals surface area contributed by atoms with Crippen molar-refractivity contribution >= 4 is 11.6 Å². The fraction of sp³-hybridized carbons (Fsp3) is 0.435. The van der Waals surface area contributed by atoms with Crippen molar-refractivity contribution in [3.05, 3.63) is 64.1 Å². The van der Waals surface area contributed by atoms with Crippen LogP contribution in [0.2, 0.25) is 0 Å². The number of fused-ring (bicyclic) bond motifs is 1. The largest absolute Gasteiger partial charge is 0.336 e. The van der Waals surface area contributed by atoms with Crippen LogP contribution in [0.3, 0.4) is 0 Å². The van der Waals surface area contributed by atoms with E-state index in [9.17, 15) is 4.79 Å². The zero-order valence-electron chi connectivity index (χ0n) is 17.9. The van der Waals surface area contributed by atoms with E-state index in [1.165, 1.54) is 16.7 Å². The molecule has 3 aromatic rings. The molecule has 1 amide bonds. The number of hydrogen-bond donors (Lipinski definition) is 0. The lowest BCUT2D eigenvalue weighted by atomic mass is 9.98. The summed E-state index contributed by atoms with van der Waals surface area (Å²) in [6.45, 7) is 13.7. The molecule has 29 heavy (non-hydrogen) atoms. The van der Waals surface area contributed by atoms with E-state index >= 15 is 0 Å². The van der Waals surface area contributed by atoms with Gasteiger partial charge in [-0.1, -0.05) is 23.8 Å². The van der Waals surface area contributed by atoms with Crippen molar-refractivity contribution in [2.24, 2.45) is 0 Å². The predicted molar refractivity (Wildman–Crippen MR) is 114 cm³/mol. The van der Waals surface area contributed by atoms with Crippen molar-refractivity contribution in [2.75, 3.05) is 26.2 Å². The average molecular weight is 392 g/mol. The second-order valence-corrected chi connectivity index (χ2v) is 8.20. The summed E-state index contributed by atoms with van der Waals surface area (Å²) in [4.78, 5) is 22.1. The zero-order chi connectivity index (χ0) is 20.7. The number of amides is 1. The van der Waals surface area contributed by atoms with Crippen LogP contribution in [-0.4, -0.2) is 56.5 Å². The summed E-state index contributed by atoms with van der Waals surface area (Å²) >= 11 is 0. The van der Waals surface area contributed by atoms with Crippen molar-refractivity contribution in [1.82, 2.24) is 24.4 Å². The SMILES string of the molecule is Cc1ccc(C(C)N2CCN(C(=O)c3cnn4c(C)cc(C)nc34)CC2)c(C)c1. The smallest absolute Gasteiger partial charge is 0.259 e. The van der Waals surface area contributed by atoms with Gasteiger partial charge in [-0.2, -0.15) is 5.10 Å². The van der Waals surface area contributed by atoms with Crippen molar-refractivity contribution in [3.8, 4) is 0 Å². The first-order valence-corrected chi connectivity index (χ1v) is 10.3. The number of carbonyl (C=O) groups is 1. The fourth-order valence-electron chi connectivity index (χ4n) is 4.40. The summed E-state index contributed by atoms with van der Waals surface area (Å²) in [6.07, 6.45) is 1.65. The lowest BCUT2D eigenvalue weighted by Gasteiger charge is -2.38. The Morgan fingerprint density at radius 1 is 1.03 bits per heavy atom. The van der Waals surface area contributed by atoms with E-state index in [1.807, 2.05) is 24.8 Å². The Bertz CT molecular complexity index is 1060. The van der Waals surface area contributed by atoms with E-state index in [4.69, 9.17) is 0 Å². The lowest BCUT2D eigenvalue weighted by molar-refractivity contribution is 0.0583. The molecule has 0 saturated carbocycles. The van der Waals surface area contributed by atoms with Gasteiger partial charge in [0.15, 0.2) is 5.65 Å². The van der Waals surface area contributed by atoms with Gasteiger partial charge >= 0.3 is 0 Å². The molecule has 1 fully saturated rings. The molecule has 0 radical (unpaired) electrons. The number of benzene rings is 1. The first kappa shape index (κ1) is 19.6. The Morgan fingerprint density at radius 2 is 1.76 bits per heavy atom. The van der Waals surface area contributed by atoms with Gasteiger partial charge < -0.3 is 4.90 Å². The number of carbonyl (C=O) groups excluding carboxylic acids is 1. The summed E-state index contributed by atoms with van der Waals surface area (Å²) < 4.78 is 1.75. The van der Waals surface area contributed by atoms with Crippen LogP contribution in [0.1, 0.15) is 51.4 Å². The molecule has 4 rings (SSSR count). The molecule has 1 aliphatic heterocycles. The van der Waals surface area contributed by atoms with Crippen LogP contribution in [0.5, 0.6) is 0 Å². The van der Waals surface area contributed by atoms with Crippen LogP contribution in [-0.2, 0) is 0 Å². The maximum Gasteiger partial charge on any atom is 0.259 e. The molecule has 0 N–H and O–H groups in total. The molecular weight excluding hydrogens is 362 g/mol. The highest BCUT2D eigenvalue weighted by Crippen LogP contribution is 2.26. The lowest BCUT2D eigenvalue weighted by Crippen LogP contribution is -2.49. The average Bonchev–Trinajstić information content (AvgIpc) is 3.11. The number of aryl methyl sites for hydroxylation is 4. The predicted octanol–water partition coefficient (Wildman–Crippen LogP) is 3.48. The molecule has 2 aromatic heterocycles. The Labute approximate surface area is 172 Å². The third-order valence-electron chi connectivity index (χ3n) is 6.03. The standard InChI is InChI=1S/C23H29N5O/c1-15-6-7-20(16(2)12-15)19(5)26-8-10-27(11-9-26)23(29)21-14-24-28-18(4)13-17(3)25-22(21)28/h6-7,12-14,19H,8-11H2,1-5H3. The summed E-state index contributed by atoms with van der Waals surface area (Å²) in [5.74, 6) is 0.0244. The fourth-order valence-corrected chi connectivity index (χ4v) is 4.40. The van der Waals surface area contributed by atoms with E-state index in [2.05, 4.69) is 54.0 Å². The third kappa shape index (κ3) is 3.65. The maximum absolute atomic E-state index is 13.1. The highest BCUT2D eigenvalue weighted by Gasteiger charge is 2.28. The topological polar surface area (TPSA) is 53.7 Å². The second-order valence-electron chi connectivity index (χ2n) is 8.20. The van der Waals surface area contributed by atoms with Gasteiger partial charge in [-0.05, 0) is 51.8 Å². The van der Waals surface area contributed by atoms with Crippen molar-refractivity contribution in [3.63, 3.8) is 0 Å². The molecule has 1 atom stereocenters. The maximum atomic E-state index is 13.1. The van der Waals surface area contributed by atoms with Gasteiger partial charge in [0.05, 0.1) is 6.20 Å². The Kier molecular flexibility index (Phi) is 5.13. The number of aromatic nitrogens is 3. The van der Waals surface area contributed by atoms with Crippen molar-refractivity contribution in [2.45, 2.75) is 40.7 Å². The van der Waals surface area contributed by atoms with Gasteiger partial charge in [0, 0.05) is 43.6 Å². The van der Waals surface area contributed by atoms with Gasteiger partial charge in [0.1, 0.15) is 5.56 Å². The molecule has 152 valence electrons. The van der Waals surface area contributed by atoms with E-state index < -0.39 is 0 Å². The minimum absolute atomic E-state index is 0.0244. The van der Waals surface area contributed by atoms with Crippen LogP contribution in [0.4, 0.5) is 0 Å². The number of nitrogens with zero attached hydrogens (tertiary/aromatic N) is 5. The summed E-state index contributed by atoms with van der Waals surface area (Å²) in [5, 5.41) is 4.37. The van der Waals surface area contributed by atoms with Crippen molar-refractivity contribution < 1.29 is 4.79 Å². The Hall–Kier alpha value is -2.73. The molecule has 1 unspecified atom stereocenters. The molecular formula is C23H29N5O. The summed E-state index contributed by atoms with van der Waals surface area (Å²) in [7, 11) is 0. The minimum Gasteiger partial charge on any atom is -0.336 e. The van der Waals surface area contributed by atoms with Gasteiger partial charge in [-0.25, -0.2) is 9.50 Å². The summed E-state index contributed by atoms with van der Waals surface area (Å²) in [6, 6.07) is 8.98. The van der Waals surface area contributed by atoms with E-state index in [-0.39, 0.29) is 5.91 Å². The van der Waals surface area contributed by atoms with Crippen molar-refractivity contribution in [1.29, 1.82) is 0 Å². The summed E-state index contributed by atoms with van der Waals surface area (Å²) in [5.41, 5.74) is 7.12. The van der Waals surface area contributed by atoms with E-state index in [0.717, 1.165) is 37.6 Å². The quantitative estimate of drug-likeness (QED) is 0.686. The molecule has 1 saturated heterocycles. The number of hydrogen-bond acceptors (Lipinski definition) is 4. The zero-order valence-corrected chi connectivity index (χ0v) is 17.9. The highest BCUT2D eigenvalue weighted by atomic mass is 16.2. The normalized spacial score (nSPS) is 16.4. The minimum atomic E-state index is 0.0244. The molecule has 6 nitrogen and oxygen atoms in total. The highest BCUT2D eigenvalue weighted by molar-refractivity contribution is 5.99. The Morgan fingerprint density at radius 3 is 2.45 bits per heavy atom. The first-order chi connectivity index (χ1) is 13.8. The van der Waals surface area contributed by atoms with Crippen LogP contribution < -0.4 is 0 Å². The van der Waals surface area contributed by atoms with Crippen LogP contribution in [0, 0.1) is 27.7 Å². The Balaban J connectivity index is 1.48. The molecule has 1 aromatic carbocycles. The molecule has 0 spiro atoms. The van der Waals surface area contributed by atoms with Crippen LogP contribution in [0.15, 0.2) is 30.5 Å². The van der Waals surface area contributed by atoms with Crippen LogP contribution >= 0.6 is 0 Å². The molecule has 6 heteroatoms. The monoisotopic (exact) mass is 391 g/mol. The van der Waals surface area contributed by atoms with Gasteiger partial charge in [0.2, 0.25) is 0 Å². The second kappa shape index (κ2) is 7.59. The van der Waals surface area contributed by atoms with E-state index in [1.54, 1.807) is 10.7 Å². The number of rotatable bonds is 3. The molecule has 0 bridgehead atoms. The third-order valence-corrected chi connectivity index (χ3v) is 6.03. The van der Waals surface area contributed by atoms with Gasteiger partial charge in [-0.3, -0.25) is 9.69 Å². The van der Waals surface area contributed by atoms with Gasteiger partial charge in [0.25, 0.3) is 5.91 Å². The van der Waals surface area contributed by atoms with Gasteiger partial charge in [-0.15, -0.1) is 0 Å². The molecule has 0 aliphatic carbocycles. The molecule has 3 heterocycles.